The minimum absolute atomic E-state index is 1.10. The van der Waals surface area contributed by atoms with Crippen LogP contribution < -0.4 is 0 Å². The van der Waals surface area contributed by atoms with Crippen LogP contribution in [0.4, 0.5) is 0 Å². The van der Waals surface area contributed by atoms with E-state index in [1.165, 1.54) is 39.2 Å². The summed E-state index contributed by atoms with van der Waals surface area (Å²) in [6.45, 7) is 15.0. The Morgan fingerprint density at radius 1 is 0.667 bits per heavy atom. The highest BCUT2D eigenvalue weighted by molar-refractivity contribution is 5.67. The smallest absolute Gasteiger partial charge is 0.0902 e. The highest BCUT2D eigenvalue weighted by Gasteiger charge is 2.16. The van der Waals surface area contributed by atoms with Crippen LogP contribution in [0.15, 0.2) is 0 Å². The first-order valence-electron chi connectivity index (χ1n) is 6.45. The number of hydrogen-bond acceptors (Lipinski definition) is 1. The summed E-state index contributed by atoms with van der Waals surface area (Å²) in [5, 5.41) is 0. The molecule has 2 aromatic rings. The Bertz CT molecular complexity index is 619. The topological polar surface area (TPSA) is 28.7 Å². The number of aryl methyl sites for hydroxylation is 2. The number of nitrogens with zero attached hydrogens (tertiary/aromatic N) is 1. The Balaban J connectivity index is 2.76. The summed E-state index contributed by atoms with van der Waals surface area (Å²) in [6, 6.07) is 0. The Morgan fingerprint density at radius 3 is 1.78 bits per heavy atom. The molecule has 0 bridgehead atoms. The SMILES string of the molecule is Cc1nc(-c2[nH]c(C)c(C)c2C)c(C)c(C)c1C. The molecule has 0 aliphatic heterocycles. The van der Waals surface area contributed by atoms with E-state index in [4.69, 9.17) is 4.98 Å². The van der Waals surface area contributed by atoms with Crippen molar-refractivity contribution >= 4 is 0 Å². The normalized spacial score (nSPS) is 11.1. The fourth-order valence-electron chi connectivity index (χ4n) is 2.39. The molecule has 2 heteroatoms. The Hall–Kier alpha value is -1.57. The number of aromatic nitrogens is 2. The molecule has 2 heterocycles. The Kier molecular flexibility index (Phi) is 3.05. The molecule has 0 atom stereocenters. The van der Waals surface area contributed by atoms with Crippen LogP contribution in [-0.2, 0) is 0 Å². The first-order chi connectivity index (χ1) is 8.34. The lowest BCUT2D eigenvalue weighted by molar-refractivity contribution is 1.08. The van der Waals surface area contributed by atoms with Crippen molar-refractivity contribution in [2.45, 2.75) is 48.5 Å². The first-order valence-corrected chi connectivity index (χ1v) is 6.45. The van der Waals surface area contributed by atoms with Gasteiger partial charge in [-0.25, -0.2) is 0 Å². The number of aromatic amines is 1. The van der Waals surface area contributed by atoms with Crippen molar-refractivity contribution in [1.29, 1.82) is 0 Å². The van der Waals surface area contributed by atoms with Gasteiger partial charge >= 0.3 is 0 Å². The van der Waals surface area contributed by atoms with E-state index < -0.39 is 0 Å². The average molecular weight is 242 g/mol. The zero-order valence-corrected chi connectivity index (χ0v) is 12.4. The van der Waals surface area contributed by atoms with Gasteiger partial charge in [0.25, 0.3) is 0 Å². The summed E-state index contributed by atoms with van der Waals surface area (Å²) in [5.74, 6) is 0. The number of H-pyrrole nitrogens is 1. The summed E-state index contributed by atoms with van der Waals surface area (Å²) >= 11 is 0. The largest absolute Gasteiger partial charge is 0.357 e. The molecule has 0 aliphatic rings. The van der Waals surface area contributed by atoms with E-state index in [1.807, 2.05) is 0 Å². The second-order valence-corrected chi connectivity index (χ2v) is 5.30. The third-order valence-corrected chi connectivity index (χ3v) is 4.35. The number of rotatable bonds is 1. The van der Waals surface area contributed by atoms with E-state index in [9.17, 15) is 0 Å². The third kappa shape index (κ3) is 1.76. The first kappa shape index (κ1) is 12.9. The van der Waals surface area contributed by atoms with Crippen LogP contribution in [0.5, 0.6) is 0 Å². The maximum Gasteiger partial charge on any atom is 0.0902 e. The number of hydrogen-bond donors (Lipinski definition) is 1. The van der Waals surface area contributed by atoms with Gasteiger partial charge in [-0.1, -0.05) is 0 Å². The van der Waals surface area contributed by atoms with Crippen LogP contribution in [0, 0.1) is 48.5 Å². The third-order valence-electron chi connectivity index (χ3n) is 4.35. The molecule has 2 aromatic heterocycles. The molecule has 0 radical (unpaired) electrons. The zero-order valence-electron chi connectivity index (χ0n) is 12.4. The average Bonchev–Trinajstić information content (AvgIpc) is 2.59. The van der Waals surface area contributed by atoms with E-state index in [-0.39, 0.29) is 0 Å². The van der Waals surface area contributed by atoms with Crippen molar-refractivity contribution in [3.8, 4) is 11.4 Å². The molecular weight excluding hydrogens is 220 g/mol. The standard InChI is InChI=1S/C16H22N2/c1-8-9(2)13(6)17-15(11(8)4)16-12(5)10(3)14(7)18-16/h18H,1-7H3. The Morgan fingerprint density at radius 2 is 1.28 bits per heavy atom. The van der Waals surface area contributed by atoms with Crippen LogP contribution in [0.2, 0.25) is 0 Å². The molecule has 2 rings (SSSR count). The van der Waals surface area contributed by atoms with Crippen LogP contribution in [-0.4, -0.2) is 9.97 Å². The lowest BCUT2D eigenvalue weighted by atomic mass is 9.99. The lowest BCUT2D eigenvalue weighted by Crippen LogP contribution is -2.00. The monoisotopic (exact) mass is 242 g/mol. The molecule has 0 saturated heterocycles. The summed E-state index contributed by atoms with van der Waals surface area (Å²) in [4.78, 5) is 8.27. The van der Waals surface area contributed by atoms with Crippen molar-refractivity contribution in [3.63, 3.8) is 0 Å². The molecule has 0 saturated carbocycles. The van der Waals surface area contributed by atoms with Gasteiger partial charge in [0.05, 0.1) is 11.4 Å². The van der Waals surface area contributed by atoms with Crippen molar-refractivity contribution < 1.29 is 0 Å². The molecule has 0 unspecified atom stereocenters. The molecule has 1 N–H and O–H groups in total. The number of nitrogens with one attached hydrogen (secondary N) is 1. The van der Waals surface area contributed by atoms with Crippen LogP contribution in [0.3, 0.4) is 0 Å². The van der Waals surface area contributed by atoms with Crippen molar-refractivity contribution in [2.24, 2.45) is 0 Å². The van der Waals surface area contributed by atoms with E-state index in [0.29, 0.717) is 0 Å². The molecule has 0 amide bonds. The maximum absolute atomic E-state index is 4.79. The van der Waals surface area contributed by atoms with Crippen molar-refractivity contribution in [3.05, 3.63) is 39.2 Å². The minimum atomic E-state index is 1.10. The summed E-state index contributed by atoms with van der Waals surface area (Å²) in [7, 11) is 0. The van der Waals surface area contributed by atoms with Gasteiger partial charge in [0.15, 0.2) is 0 Å². The van der Waals surface area contributed by atoms with Crippen LogP contribution in [0.1, 0.15) is 39.2 Å². The quantitative estimate of drug-likeness (QED) is 0.796. The van der Waals surface area contributed by atoms with Gasteiger partial charge in [-0.3, -0.25) is 4.98 Å². The van der Waals surface area contributed by atoms with E-state index in [2.05, 4.69) is 53.5 Å². The zero-order chi connectivity index (χ0) is 13.6. The van der Waals surface area contributed by atoms with E-state index >= 15 is 0 Å². The Labute approximate surface area is 109 Å². The van der Waals surface area contributed by atoms with Gasteiger partial charge in [-0.2, -0.15) is 0 Å². The minimum Gasteiger partial charge on any atom is -0.357 e. The van der Waals surface area contributed by atoms with Gasteiger partial charge < -0.3 is 4.98 Å². The highest BCUT2D eigenvalue weighted by atomic mass is 14.8. The molecule has 0 fully saturated rings. The van der Waals surface area contributed by atoms with Gasteiger partial charge in [-0.05, 0) is 76.3 Å². The van der Waals surface area contributed by atoms with Crippen LogP contribution >= 0.6 is 0 Å². The summed E-state index contributed by atoms with van der Waals surface area (Å²) in [6.07, 6.45) is 0. The summed E-state index contributed by atoms with van der Waals surface area (Å²) < 4.78 is 0. The van der Waals surface area contributed by atoms with Gasteiger partial charge in [0.1, 0.15) is 0 Å². The van der Waals surface area contributed by atoms with Crippen molar-refractivity contribution in [1.82, 2.24) is 9.97 Å². The van der Waals surface area contributed by atoms with Gasteiger partial charge in [0, 0.05) is 11.4 Å². The molecule has 96 valence electrons. The molecule has 0 aromatic carbocycles. The fourth-order valence-corrected chi connectivity index (χ4v) is 2.39. The van der Waals surface area contributed by atoms with Crippen molar-refractivity contribution in [2.75, 3.05) is 0 Å². The predicted molar refractivity (Wildman–Crippen MR) is 77.2 cm³/mol. The predicted octanol–water partition coefficient (Wildman–Crippen LogP) is 4.24. The van der Waals surface area contributed by atoms with Crippen LogP contribution in [0.25, 0.3) is 11.4 Å². The van der Waals surface area contributed by atoms with Gasteiger partial charge in [-0.15, -0.1) is 0 Å². The molecular formula is C16H22N2. The molecule has 0 spiro atoms. The lowest BCUT2D eigenvalue weighted by Gasteiger charge is -2.13. The molecule has 18 heavy (non-hydrogen) atoms. The maximum atomic E-state index is 4.79. The van der Waals surface area contributed by atoms with E-state index in [1.54, 1.807) is 0 Å². The number of pyridine rings is 1. The second-order valence-electron chi connectivity index (χ2n) is 5.30. The second kappa shape index (κ2) is 4.27. The fraction of sp³-hybridized carbons (Fsp3) is 0.438. The highest BCUT2D eigenvalue weighted by Crippen LogP contribution is 2.30. The van der Waals surface area contributed by atoms with Gasteiger partial charge in [0.2, 0.25) is 0 Å². The molecule has 0 aliphatic carbocycles. The molecule has 2 nitrogen and oxygen atoms in total. The summed E-state index contributed by atoms with van der Waals surface area (Å²) in [5.41, 5.74) is 11.2. The van der Waals surface area contributed by atoms with E-state index in [0.717, 1.165) is 11.4 Å².